The number of sulfonamides is 1. The van der Waals surface area contributed by atoms with Crippen molar-refractivity contribution in [3.8, 4) is 0 Å². The molecule has 0 saturated heterocycles. The number of unbranched alkanes of at least 4 members (excludes halogenated alkanes) is 1. The van der Waals surface area contributed by atoms with Crippen molar-refractivity contribution in [1.82, 2.24) is 4.31 Å². The Kier molecular flexibility index (Phi) is 5.97. The van der Waals surface area contributed by atoms with Crippen LogP contribution in [0.5, 0.6) is 0 Å². The number of hydrogen-bond acceptors (Lipinski definition) is 4. The van der Waals surface area contributed by atoms with Gasteiger partial charge in [0.2, 0.25) is 15.9 Å². The first-order valence-electron chi connectivity index (χ1n) is 6.45. The molecule has 0 saturated carbocycles. The lowest BCUT2D eigenvalue weighted by molar-refractivity contribution is -0.118. The molecule has 0 fully saturated rings. The third kappa shape index (κ3) is 5.18. The number of nitrogen functional groups attached to an aromatic ring is 1. The number of rotatable bonds is 8. The van der Waals surface area contributed by atoms with Crippen LogP contribution in [-0.2, 0) is 21.4 Å². The second-order valence-electron chi connectivity index (χ2n) is 4.65. The standard InChI is InChI=1S/C13H21N3O3S/c1-2-3-7-20(18,19)16(10-13(15)17)9-11-5-4-6-12(14)8-11/h4-6,8H,2-3,7,9-10,14H2,1H3,(H2,15,17). The Balaban J connectivity index is 2.92. The number of nitrogens with two attached hydrogens (primary N) is 2. The summed E-state index contributed by atoms with van der Waals surface area (Å²) < 4.78 is 25.5. The fourth-order valence-electron chi connectivity index (χ4n) is 1.78. The van der Waals surface area contributed by atoms with Gasteiger partial charge in [0.25, 0.3) is 0 Å². The molecule has 0 radical (unpaired) electrons. The predicted molar refractivity (Wildman–Crippen MR) is 79.2 cm³/mol. The maximum atomic E-state index is 12.2. The van der Waals surface area contributed by atoms with Crippen LogP contribution in [0.1, 0.15) is 25.3 Å². The lowest BCUT2D eigenvalue weighted by atomic mass is 10.2. The summed E-state index contributed by atoms with van der Waals surface area (Å²) in [6.07, 6.45) is 1.32. The number of carbonyl (C=O) groups is 1. The molecule has 1 aromatic rings. The van der Waals surface area contributed by atoms with Crippen LogP contribution in [0.15, 0.2) is 24.3 Å². The summed E-state index contributed by atoms with van der Waals surface area (Å²) in [5, 5.41) is 0. The highest BCUT2D eigenvalue weighted by atomic mass is 32.2. The van der Waals surface area contributed by atoms with E-state index < -0.39 is 15.9 Å². The number of nitrogens with zero attached hydrogens (tertiary/aromatic N) is 1. The van der Waals surface area contributed by atoms with Crippen LogP contribution < -0.4 is 11.5 Å². The molecule has 0 bridgehead atoms. The summed E-state index contributed by atoms with van der Waals surface area (Å²) in [5.74, 6) is -0.659. The van der Waals surface area contributed by atoms with E-state index in [0.717, 1.165) is 16.3 Å². The first kappa shape index (κ1) is 16.5. The average Bonchev–Trinajstić information content (AvgIpc) is 2.35. The molecule has 1 amide bonds. The highest BCUT2D eigenvalue weighted by molar-refractivity contribution is 7.89. The molecule has 0 atom stereocenters. The Labute approximate surface area is 119 Å². The van der Waals surface area contributed by atoms with E-state index in [1.165, 1.54) is 0 Å². The van der Waals surface area contributed by atoms with Gasteiger partial charge in [-0.3, -0.25) is 4.79 Å². The van der Waals surface area contributed by atoms with Crippen molar-refractivity contribution in [2.75, 3.05) is 18.0 Å². The van der Waals surface area contributed by atoms with E-state index in [0.29, 0.717) is 12.1 Å². The Morgan fingerprint density at radius 2 is 2.05 bits per heavy atom. The second-order valence-corrected chi connectivity index (χ2v) is 6.74. The van der Waals surface area contributed by atoms with Gasteiger partial charge >= 0.3 is 0 Å². The molecule has 0 aliphatic rings. The van der Waals surface area contributed by atoms with Gasteiger partial charge in [0.15, 0.2) is 0 Å². The number of hydrogen-bond donors (Lipinski definition) is 2. The summed E-state index contributed by atoms with van der Waals surface area (Å²) in [4.78, 5) is 11.1. The summed E-state index contributed by atoms with van der Waals surface area (Å²) in [5.41, 5.74) is 12.1. The maximum Gasteiger partial charge on any atom is 0.232 e. The van der Waals surface area contributed by atoms with Crippen LogP contribution >= 0.6 is 0 Å². The van der Waals surface area contributed by atoms with Crippen molar-refractivity contribution in [2.24, 2.45) is 5.73 Å². The summed E-state index contributed by atoms with van der Waals surface area (Å²) in [6.45, 7) is 1.69. The van der Waals surface area contributed by atoms with Gasteiger partial charge in [0.1, 0.15) is 0 Å². The molecule has 0 aromatic heterocycles. The zero-order valence-electron chi connectivity index (χ0n) is 11.6. The minimum atomic E-state index is -3.50. The molecule has 0 heterocycles. The van der Waals surface area contributed by atoms with Crippen molar-refractivity contribution in [1.29, 1.82) is 0 Å². The lowest BCUT2D eigenvalue weighted by Gasteiger charge is -2.21. The predicted octanol–water partition coefficient (Wildman–Crippen LogP) is 0.686. The van der Waals surface area contributed by atoms with Crippen LogP contribution in [0.3, 0.4) is 0 Å². The van der Waals surface area contributed by atoms with Crippen molar-refractivity contribution in [3.05, 3.63) is 29.8 Å². The Morgan fingerprint density at radius 3 is 2.60 bits per heavy atom. The Morgan fingerprint density at radius 1 is 1.35 bits per heavy atom. The van der Waals surface area contributed by atoms with E-state index in [-0.39, 0.29) is 18.8 Å². The largest absolute Gasteiger partial charge is 0.399 e. The minimum Gasteiger partial charge on any atom is -0.399 e. The van der Waals surface area contributed by atoms with Gasteiger partial charge in [0.05, 0.1) is 12.3 Å². The third-order valence-electron chi connectivity index (χ3n) is 2.79. The van der Waals surface area contributed by atoms with Crippen LogP contribution in [0, 0.1) is 0 Å². The van der Waals surface area contributed by atoms with E-state index in [9.17, 15) is 13.2 Å². The summed E-state index contributed by atoms with van der Waals surface area (Å²) in [7, 11) is -3.50. The zero-order chi connectivity index (χ0) is 15.2. The van der Waals surface area contributed by atoms with E-state index >= 15 is 0 Å². The number of amides is 1. The smallest absolute Gasteiger partial charge is 0.232 e. The molecule has 4 N–H and O–H groups in total. The van der Waals surface area contributed by atoms with Crippen LogP contribution in [0.2, 0.25) is 0 Å². The van der Waals surface area contributed by atoms with Crippen LogP contribution in [-0.4, -0.2) is 30.9 Å². The van der Waals surface area contributed by atoms with Gasteiger partial charge in [-0.25, -0.2) is 8.42 Å². The normalized spacial score (nSPS) is 11.7. The Hall–Kier alpha value is -1.60. The number of carbonyl (C=O) groups excluding carboxylic acids is 1. The first-order valence-corrected chi connectivity index (χ1v) is 8.06. The van der Waals surface area contributed by atoms with Gasteiger partial charge in [-0.15, -0.1) is 0 Å². The molecule has 112 valence electrons. The average molecular weight is 299 g/mol. The second kappa shape index (κ2) is 7.25. The van der Waals surface area contributed by atoms with E-state index in [1.807, 2.05) is 6.92 Å². The van der Waals surface area contributed by atoms with Crippen molar-refractivity contribution >= 4 is 21.6 Å². The van der Waals surface area contributed by atoms with E-state index in [2.05, 4.69) is 0 Å². The monoisotopic (exact) mass is 299 g/mol. The van der Waals surface area contributed by atoms with Crippen molar-refractivity contribution in [3.63, 3.8) is 0 Å². The zero-order valence-corrected chi connectivity index (χ0v) is 12.4. The van der Waals surface area contributed by atoms with Crippen molar-refractivity contribution in [2.45, 2.75) is 26.3 Å². The van der Waals surface area contributed by atoms with E-state index in [1.54, 1.807) is 24.3 Å². The fourth-order valence-corrected chi connectivity index (χ4v) is 3.36. The summed E-state index contributed by atoms with van der Waals surface area (Å²) >= 11 is 0. The molecule has 20 heavy (non-hydrogen) atoms. The minimum absolute atomic E-state index is 0.0130. The maximum absolute atomic E-state index is 12.2. The molecule has 0 unspecified atom stereocenters. The number of primary amides is 1. The number of anilines is 1. The summed E-state index contributed by atoms with van der Waals surface area (Å²) in [6, 6.07) is 6.91. The molecule has 1 aromatic carbocycles. The molecule has 7 heteroatoms. The quantitative estimate of drug-likeness (QED) is 0.688. The topological polar surface area (TPSA) is 106 Å². The molecule has 0 spiro atoms. The highest BCUT2D eigenvalue weighted by Crippen LogP contribution is 2.13. The molecule has 1 rings (SSSR count). The van der Waals surface area contributed by atoms with Crippen LogP contribution in [0.4, 0.5) is 5.69 Å². The van der Waals surface area contributed by atoms with Gasteiger partial charge in [-0.1, -0.05) is 25.5 Å². The third-order valence-corrected chi connectivity index (χ3v) is 4.64. The lowest BCUT2D eigenvalue weighted by Crippen LogP contribution is -2.39. The molecule has 6 nitrogen and oxygen atoms in total. The number of benzene rings is 1. The van der Waals surface area contributed by atoms with Crippen molar-refractivity contribution < 1.29 is 13.2 Å². The Bertz CT molecular complexity index is 558. The molecular formula is C13H21N3O3S. The molecule has 0 aliphatic carbocycles. The van der Waals surface area contributed by atoms with Crippen LogP contribution in [0.25, 0.3) is 0 Å². The van der Waals surface area contributed by atoms with Gasteiger partial charge in [-0.05, 0) is 24.1 Å². The van der Waals surface area contributed by atoms with E-state index in [4.69, 9.17) is 11.5 Å². The molecule has 0 aliphatic heterocycles. The molecular weight excluding hydrogens is 278 g/mol. The highest BCUT2D eigenvalue weighted by Gasteiger charge is 2.23. The van der Waals surface area contributed by atoms with Gasteiger partial charge in [-0.2, -0.15) is 4.31 Å². The SMILES string of the molecule is CCCCS(=O)(=O)N(CC(N)=O)Cc1cccc(N)c1. The van der Waals surface area contributed by atoms with Gasteiger partial charge < -0.3 is 11.5 Å². The fraction of sp³-hybridized carbons (Fsp3) is 0.462. The first-order chi connectivity index (χ1) is 9.35. The van der Waals surface area contributed by atoms with Gasteiger partial charge in [0, 0.05) is 12.2 Å².